The van der Waals surface area contributed by atoms with Gasteiger partial charge in [-0.3, -0.25) is 18.2 Å². The molecule has 0 radical (unpaired) electrons. The van der Waals surface area contributed by atoms with Crippen molar-refractivity contribution in [1.29, 1.82) is 0 Å². The smallest absolute Gasteiger partial charge is 0.366 e. The zero-order valence-corrected chi connectivity index (χ0v) is 33.1. The molecule has 2 aromatic heterocycles. The van der Waals surface area contributed by atoms with Gasteiger partial charge in [0.15, 0.2) is 0 Å². The van der Waals surface area contributed by atoms with Crippen LogP contribution in [0.5, 0.6) is 0 Å². The van der Waals surface area contributed by atoms with Crippen molar-refractivity contribution >= 4 is 111 Å². The van der Waals surface area contributed by atoms with E-state index < -0.39 is 86.3 Å². The second-order valence-corrected chi connectivity index (χ2v) is 17.1. The Kier molecular flexibility index (Phi) is 11.7. The van der Waals surface area contributed by atoms with Crippen molar-refractivity contribution in [2.75, 3.05) is 30.7 Å². The van der Waals surface area contributed by atoms with E-state index in [-0.39, 0.29) is 33.9 Å². The minimum atomic E-state index is -5.01. The summed E-state index contributed by atoms with van der Waals surface area (Å²) in [4.78, 5) is 21.8. The number of nitrogens with zero attached hydrogens (tertiary/aromatic N) is 8. The normalized spacial score (nSPS) is 12.3. The Balaban J connectivity index is 1.31. The topological polar surface area (TPSA) is 377 Å². The van der Waals surface area contributed by atoms with Gasteiger partial charge in [-0.05, 0) is 59.7 Å². The van der Waals surface area contributed by atoms with Crippen LogP contribution in [0.4, 0.5) is 58.4 Å². The first-order chi connectivity index (χ1) is 28.1. The van der Waals surface area contributed by atoms with Crippen molar-refractivity contribution in [2.24, 2.45) is 0 Å². The van der Waals surface area contributed by atoms with Crippen molar-refractivity contribution in [3.63, 3.8) is 0 Å². The van der Waals surface area contributed by atoms with Crippen LogP contribution in [-0.4, -0.2) is 81.8 Å². The molecule has 6 aromatic rings. The Labute approximate surface area is 340 Å². The van der Waals surface area contributed by atoms with E-state index in [4.69, 9.17) is 11.5 Å². The Morgan fingerprint density at radius 3 is 1.15 bits per heavy atom. The molecule has 0 atom stereocenters. The molecule has 0 saturated heterocycles. The van der Waals surface area contributed by atoms with Crippen LogP contribution in [0.3, 0.4) is 0 Å². The average Bonchev–Trinajstić information content (AvgIpc) is 3.13. The molecule has 4 aromatic carbocycles. The van der Waals surface area contributed by atoms with Gasteiger partial charge in [-0.15, -0.1) is 0 Å². The molecule has 2 heterocycles. The third-order valence-corrected chi connectivity index (χ3v) is 11.1. The van der Waals surface area contributed by atoms with E-state index in [0.717, 1.165) is 24.3 Å². The molecule has 312 valence electrons. The predicted octanol–water partition coefficient (Wildman–Crippen LogP) is 3.25. The lowest BCUT2D eigenvalue weighted by molar-refractivity contribution is 0.480. The standard InChI is InChI=1S/C32H28N12O12S4/c33-27-37-29(41-31(39-27)43(59(51,52)53)23-7-3-1-4-8-23)35-21-15-13-19(25(17-21)57(45,46)47)11-12-20-14-16-22(18-26(20)58(48,49)50)36-30-38-28(34)40-32(42-30)44(60(54,55)56)24-9-5-2-6-10-24/h1-18H,(H,45,46,47)(H,48,49,50)(H,51,52,53)(H,54,55,56)(H3,33,35,37,39,41)(H3,34,36,38,40,42)/b12-11+. The van der Waals surface area contributed by atoms with Crippen molar-refractivity contribution in [3.05, 3.63) is 108 Å². The number of rotatable bonds is 14. The van der Waals surface area contributed by atoms with Gasteiger partial charge in [-0.1, -0.05) is 60.7 Å². The summed E-state index contributed by atoms with van der Waals surface area (Å²) in [7, 11) is -20.0. The maximum Gasteiger partial charge on any atom is 0.366 e. The highest BCUT2D eigenvalue weighted by molar-refractivity contribution is 7.88. The van der Waals surface area contributed by atoms with Gasteiger partial charge in [0.1, 0.15) is 9.79 Å². The number of aromatic nitrogens is 6. The number of para-hydroxylation sites is 2. The lowest BCUT2D eigenvalue weighted by atomic mass is 10.1. The van der Waals surface area contributed by atoms with Gasteiger partial charge in [0.05, 0.1) is 11.4 Å². The molecule has 0 aliphatic rings. The number of nitrogens with two attached hydrogens (primary N) is 2. The molecule has 0 aliphatic heterocycles. The van der Waals surface area contributed by atoms with E-state index in [1.165, 1.54) is 72.8 Å². The van der Waals surface area contributed by atoms with Crippen LogP contribution in [0.25, 0.3) is 12.2 Å². The third-order valence-electron chi connectivity index (χ3n) is 7.63. The van der Waals surface area contributed by atoms with Crippen LogP contribution in [0.15, 0.2) is 107 Å². The van der Waals surface area contributed by atoms with E-state index >= 15 is 0 Å². The number of hydrogen-bond acceptors (Lipinski definition) is 18. The highest BCUT2D eigenvalue weighted by atomic mass is 32.2. The lowest BCUT2D eigenvalue weighted by Gasteiger charge is -2.19. The molecule has 0 unspecified atom stereocenters. The van der Waals surface area contributed by atoms with Gasteiger partial charge in [0.25, 0.3) is 32.1 Å². The number of benzene rings is 4. The Morgan fingerprint density at radius 2 is 0.833 bits per heavy atom. The summed E-state index contributed by atoms with van der Waals surface area (Å²) in [6, 6.07) is 21.2. The van der Waals surface area contributed by atoms with Crippen LogP contribution in [-0.2, 0) is 40.8 Å². The van der Waals surface area contributed by atoms with Crippen molar-refractivity contribution < 1.29 is 51.9 Å². The van der Waals surface area contributed by atoms with Crippen LogP contribution in [0, 0.1) is 0 Å². The molecule has 0 saturated carbocycles. The van der Waals surface area contributed by atoms with Gasteiger partial charge < -0.3 is 22.1 Å². The van der Waals surface area contributed by atoms with Crippen LogP contribution >= 0.6 is 0 Å². The summed E-state index contributed by atoms with van der Waals surface area (Å²) in [6.45, 7) is 0. The van der Waals surface area contributed by atoms with E-state index in [1.807, 2.05) is 0 Å². The summed E-state index contributed by atoms with van der Waals surface area (Å²) in [5, 5.41) is 5.22. The minimum absolute atomic E-state index is 0.0692. The number of anilines is 10. The first-order valence-corrected chi connectivity index (χ1v) is 21.9. The fourth-order valence-electron chi connectivity index (χ4n) is 5.27. The van der Waals surface area contributed by atoms with Gasteiger partial charge in [0, 0.05) is 11.4 Å². The maximum atomic E-state index is 12.5. The maximum absolute atomic E-state index is 12.5. The van der Waals surface area contributed by atoms with Crippen molar-refractivity contribution in [1.82, 2.24) is 29.9 Å². The fourth-order valence-corrected chi connectivity index (χ4v) is 8.04. The summed E-state index contributed by atoms with van der Waals surface area (Å²) in [5.41, 5.74) is 10.9. The molecule has 0 fully saturated rings. The SMILES string of the molecule is Nc1nc(Nc2ccc(/C=C/c3ccc(Nc4nc(N)nc(N(c5ccccc5)S(=O)(=O)O)n4)cc3S(=O)(=O)O)c(S(=O)(=O)O)c2)nc(N(c2ccccc2)S(=O)(=O)O)n1. The molecule has 10 N–H and O–H groups in total. The number of nitrogens with one attached hydrogen (secondary N) is 2. The van der Waals surface area contributed by atoms with E-state index in [2.05, 4.69) is 40.5 Å². The first-order valence-electron chi connectivity index (χ1n) is 16.2. The molecule has 24 nitrogen and oxygen atoms in total. The average molecular weight is 901 g/mol. The van der Waals surface area contributed by atoms with Crippen LogP contribution in [0.1, 0.15) is 11.1 Å². The third kappa shape index (κ3) is 10.2. The molecule has 6 rings (SSSR count). The summed E-state index contributed by atoms with van der Waals surface area (Å²) in [5.74, 6) is -3.13. The number of nitrogen functional groups attached to an aromatic ring is 2. The Bertz CT molecular complexity index is 2890. The van der Waals surface area contributed by atoms with E-state index in [0.29, 0.717) is 8.61 Å². The van der Waals surface area contributed by atoms with Crippen LogP contribution in [0.2, 0.25) is 0 Å². The number of hydrogen-bond donors (Lipinski definition) is 8. The molecule has 0 bridgehead atoms. The Morgan fingerprint density at radius 1 is 0.483 bits per heavy atom. The first kappa shape index (κ1) is 42.7. The van der Waals surface area contributed by atoms with Crippen LogP contribution < -0.4 is 30.7 Å². The second-order valence-electron chi connectivity index (χ2n) is 11.8. The van der Waals surface area contributed by atoms with Gasteiger partial charge in [-0.25, -0.2) is 0 Å². The predicted molar refractivity (Wildman–Crippen MR) is 217 cm³/mol. The lowest BCUT2D eigenvalue weighted by Crippen LogP contribution is -2.27. The molecule has 0 amide bonds. The summed E-state index contributed by atoms with van der Waals surface area (Å²) in [6.07, 6.45) is 2.19. The zero-order valence-electron chi connectivity index (χ0n) is 29.8. The molecular weight excluding hydrogens is 873 g/mol. The monoisotopic (exact) mass is 900 g/mol. The van der Waals surface area contributed by atoms with Gasteiger partial charge in [0.2, 0.25) is 23.8 Å². The quantitative estimate of drug-likeness (QED) is 0.0574. The van der Waals surface area contributed by atoms with Gasteiger partial charge >= 0.3 is 20.6 Å². The van der Waals surface area contributed by atoms with Gasteiger partial charge in [-0.2, -0.15) is 72.2 Å². The molecular formula is C32H28N12O12S4. The summed E-state index contributed by atoms with van der Waals surface area (Å²) >= 11 is 0. The molecule has 0 spiro atoms. The summed E-state index contributed by atoms with van der Waals surface area (Å²) < 4.78 is 140. The zero-order chi connectivity index (χ0) is 43.6. The van der Waals surface area contributed by atoms with Crippen molar-refractivity contribution in [2.45, 2.75) is 9.79 Å². The molecule has 28 heteroatoms. The van der Waals surface area contributed by atoms with E-state index in [1.54, 1.807) is 12.1 Å². The molecule has 0 aliphatic carbocycles. The fraction of sp³-hybridized carbons (Fsp3) is 0. The van der Waals surface area contributed by atoms with Crippen molar-refractivity contribution in [3.8, 4) is 0 Å². The Hall–Kier alpha value is -6.92. The highest BCUT2D eigenvalue weighted by Gasteiger charge is 2.28. The minimum Gasteiger partial charge on any atom is -0.368 e. The largest absolute Gasteiger partial charge is 0.368 e. The van der Waals surface area contributed by atoms with E-state index in [9.17, 15) is 51.9 Å². The second kappa shape index (κ2) is 16.4. The highest BCUT2D eigenvalue weighted by Crippen LogP contribution is 2.31. The molecule has 60 heavy (non-hydrogen) atoms.